The molecule has 0 bridgehead atoms. The highest BCUT2D eigenvalue weighted by Gasteiger charge is 2.20. The van der Waals surface area contributed by atoms with Crippen LogP contribution in [0.3, 0.4) is 0 Å². The summed E-state index contributed by atoms with van der Waals surface area (Å²) in [5.41, 5.74) is -0.0304. The Bertz CT molecular complexity index is 1200. The summed E-state index contributed by atoms with van der Waals surface area (Å²) in [5.74, 6) is 0.0297. The van der Waals surface area contributed by atoms with E-state index in [1.807, 2.05) is 13.8 Å². The van der Waals surface area contributed by atoms with Gasteiger partial charge in [0, 0.05) is 17.5 Å². The van der Waals surface area contributed by atoms with E-state index >= 15 is 0 Å². The van der Waals surface area contributed by atoms with Crippen LogP contribution < -0.4 is 25.7 Å². The molecule has 2 amide bonds. The number of nitrogens with zero attached hydrogens (tertiary/aromatic N) is 2. The molecule has 2 aromatic carbocycles. The number of ether oxygens (including phenoxy) is 2. The number of aromatic nitrogens is 2. The van der Waals surface area contributed by atoms with Gasteiger partial charge < -0.3 is 20.1 Å². The standard InChI is InChI=1S/C23H26N4O5/c1-5-14(2)25-20(28)13-24-22(29)21-16-8-6-7-9-17(16)23(30)27(26-21)18-11-10-15(31-3)12-19(18)32-4/h6-12,14H,5,13H2,1-4H3,(H,24,29)(H,25,28). The van der Waals surface area contributed by atoms with E-state index in [2.05, 4.69) is 15.7 Å². The van der Waals surface area contributed by atoms with Crippen molar-refractivity contribution < 1.29 is 19.1 Å². The van der Waals surface area contributed by atoms with Gasteiger partial charge in [0.05, 0.1) is 26.2 Å². The molecule has 32 heavy (non-hydrogen) atoms. The molecular weight excluding hydrogens is 412 g/mol. The first-order valence-electron chi connectivity index (χ1n) is 10.2. The Balaban J connectivity index is 2.05. The molecule has 3 rings (SSSR count). The van der Waals surface area contributed by atoms with Crippen LogP contribution in [0.5, 0.6) is 11.5 Å². The van der Waals surface area contributed by atoms with E-state index in [4.69, 9.17) is 9.47 Å². The Hall–Kier alpha value is -3.88. The minimum atomic E-state index is -0.568. The van der Waals surface area contributed by atoms with Gasteiger partial charge in [-0.2, -0.15) is 9.78 Å². The Kier molecular flexibility index (Phi) is 7.09. The molecule has 2 N–H and O–H groups in total. The van der Waals surface area contributed by atoms with Gasteiger partial charge in [0.15, 0.2) is 5.69 Å². The molecule has 0 aliphatic heterocycles. The number of methoxy groups -OCH3 is 2. The Morgan fingerprint density at radius 2 is 1.81 bits per heavy atom. The van der Waals surface area contributed by atoms with Gasteiger partial charge in [-0.1, -0.05) is 25.1 Å². The highest BCUT2D eigenvalue weighted by atomic mass is 16.5. The summed E-state index contributed by atoms with van der Waals surface area (Å²) < 4.78 is 11.7. The van der Waals surface area contributed by atoms with E-state index < -0.39 is 11.5 Å². The average molecular weight is 438 g/mol. The molecule has 1 atom stereocenters. The van der Waals surface area contributed by atoms with Crippen molar-refractivity contribution in [2.45, 2.75) is 26.3 Å². The number of benzene rings is 2. The number of amides is 2. The average Bonchev–Trinajstić information content (AvgIpc) is 2.82. The number of carbonyl (C=O) groups excluding carboxylic acids is 2. The Labute approximate surface area is 185 Å². The Morgan fingerprint density at radius 3 is 2.47 bits per heavy atom. The highest BCUT2D eigenvalue weighted by Crippen LogP contribution is 2.27. The fourth-order valence-electron chi connectivity index (χ4n) is 3.15. The largest absolute Gasteiger partial charge is 0.497 e. The van der Waals surface area contributed by atoms with Crippen LogP contribution in [0.25, 0.3) is 16.5 Å². The van der Waals surface area contributed by atoms with Crippen molar-refractivity contribution in [3.05, 3.63) is 58.5 Å². The fourth-order valence-corrected chi connectivity index (χ4v) is 3.15. The first-order chi connectivity index (χ1) is 15.4. The molecular formula is C23H26N4O5. The number of hydrogen-bond donors (Lipinski definition) is 2. The number of nitrogens with one attached hydrogen (secondary N) is 2. The molecule has 0 radical (unpaired) electrons. The van der Waals surface area contributed by atoms with Crippen LogP contribution in [0.2, 0.25) is 0 Å². The lowest BCUT2D eigenvalue weighted by Gasteiger charge is -2.15. The van der Waals surface area contributed by atoms with Crippen LogP contribution in [0.1, 0.15) is 30.8 Å². The molecule has 1 unspecified atom stereocenters. The van der Waals surface area contributed by atoms with Gasteiger partial charge >= 0.3 is 0 Å². The van der Waals surface area contributed by atoms with Gasteiger partial charge in [-0.3, -0.25) is 14.4 Å². The lowest BCUT2D eigenvalue weighted by atomic mass is 10.1. The SMILES string of the molecule is CCC(C)NC(=O)CNC(=O)c1nn(-c2ccc(OC)cc2OC)c(=O)c2ccccc12. The van der Waals surface area contributed by atoms with Crippen molar-refractivity contribution in [3.63, 3.8) is 0 Å². The molecule has 0 aliphatic carbocycles. The smallest absolute Gasteiger partial charge is 0.279 e. The third kappa shape index (κ3) is 4.72. The molecule has 1 aromatic heterocycles. The minimum Gasteiger partial charge on any atom is -0.497 e. The van der Waals surface area contributed by atoms with E-state index in [1.54, 1.807) is 42.5 Å². The maximum absolute atomic E-state index is 13.2. The van der Waals surface area contributed by atoms with E-state index in [0.29, 0.717) is 28.0 Å². The molecule has 0 aliphatic rings. The van der Waals surface area contributed by atoms with Crippen LogP contribution >= 0.6 is 0 Å². The van der Waals surface area contributed by atoms with E-state index in [9.17, 15) is 14.4 Å². The molecule has 9 nitrogen and oxygen atoms in total. The van der Waals surface area contributed by atoms with Gasteiger partial charge in [-0.25, -0.2) is 0 Å². The predicted molar refractivity (Wildman–Crippen MR) is 121 cm³/mol. The molecule has 168 valence electrons. The van der Waals surface area contributed by atoms with Crippen LogP contribution in [0.15, 0.2) is 47.3 Å². The second-order valence-electron chi connectivity index (χ2n) is 7.21. The second kappa shape index (κ2) is 9.95. The van der Waals surface area contributed by atoms with Crippen LogP contribution in [-0.4, -0.2) is 48.4 Å². The Morgan fingerprint density at radius 1 is 1.09 bits per heavy atom. The first-order valence-corrected chi connectivity index (χ1v) is 10.2. The molecule has 9 heteroatoms. The molecule has 0 fully saturated rings. The number of carbonyl (C=O) groups is 2. The van der Waals surface area contributed by atoms with Crippen LogP contribution in [-0.2, 0) is 4.79 Å². The zero-order valence-corrected chi connectivity index (χ0v) is 18.5. The molecule has 0 saturated carbocycles. The minimum absolute atomic E-state index is 0.00259. The molecule has 1 heterocycles. The van der Waals surface area contributed by atoms with Crippen molar-refractivity contribution in [2.75, 3.05) is 20.8 Å². The first kappa shape index (κ1) is 22.8. The predicted octanol–water partition coefficient (Wildman–Crippen LogP) is 2.05. The van der Waals surface area contributed by atoms with Crippen molar-refractivity contribution in [3.8, 4) is 17.2 Å². The van der Waals surface area contributed by atoms with Crippen molar-refractivity contribution in [1.82, 2.24) is 20.4 Å². The molecule has 0 spiro atoms. The van der Waals surface area contributed by atoms with Gasteiger partial charge in [0.25, 0.3) is 11.5 Å². The van der Waals surface area contributed by atoms with Gasteiger partial charge in [-0.15, -0.1) is 0 Å². The topological polar surface area (TPSA) is 112 Å². The highest BCUT2D eigenvalue weighted by molar-refractivity contribution is 6.05. The molecule has 3 aromatic rings. The van der Waals surface area contributed by atoms with E-state index in [1.165, 1.54) is 14.2 Å². The summed E-state index contributed by atoms with van der Waals surface area (Å²) in [6.45, 7) is 3.63. The summed E-state index contributed by atoms with van der Waals surface area (Å²) >= 11 is 0. The normalized spacial score (nSPS) is 11.6. The monoisotopic (exact) mass is 438 g/mol. The molecule has 0 saturated heterocycles. The van der Waals surface area contributed by atoms with Crippen LogP contribution in [0.4, 0.5) is 0 Å². The fraction of sp³-hybridized carbons (Fsp3) is 0.304. The maximum Gasteiger partial charge on any atom is 0.279 e. The zero-order valence-electron chi connectivity index (χ0n) is 18.5. The second-order valence-corrected chi connectivity index (χ2v) is 7.21. The third-order valence-electron chi connectivity index (χ3n) is 5.06. The van der Waals surface area contributed by atoms with Crippen LogP contribution in [0, 0.1) is 0 Å². The number of rotatable bonds is 8. The van der Waals surface area contributed by atoms with Crippen molar-refractivity contribution in [1.29, 1.82) is 0 Å². The summed E-state index contributed by atoms with van der Waals surface area (Å²) in [4.78, 5) is 38.2. The van der Waals surface area contributed by atoms with Crippen molar-refractivity contribution >= 4 is 22.6 Å². The number of hydrogen-bond acceptors (Lipinski definition) is 6. The van der Waals surface area contributed by atoms with Crippen molar-refractivity contribution in [2.24, 2.45) is 0 Å². The summed E-state index contributed by atoms with van der Waals surface area (Å²) in [5, 5.41) is 10.4. The lowest BCUT2D eigenvalue weighted by molar-refractivity contribution is -0.120. The van der Waals surface area contributed by atoms with E-state index in [-0.39, 0.29) is 24.2 Å². The maximum atomic E-state index is 13.2. The van der Waals surface area contributed by atoms with Gasteiger partial charge in [0.2, 0.25) is 5.91 Å². The van der Waals surface area contributed by atoms with Gasteiger partial charge in [-0.05, 0) is 31.5 Å². The summed E-state index contributed by atoms with van der Waals surface area (Å²) in [6, 6.07) is 11.6. The third-order valence-corrected chi connectivity index (χ3v) is 5.06. The van der Waals surface area contributed by atoms with Gasteiger partial charge in [0.1, 0.15) is 17.2 Å². The van der Waals surface area contributed by atoms with E-state index in [0.717, 1.165) is 11.1 Å². The lowest BCUT2D eigenvalue weighted by Crippen LogP contribution is -2.41. The summed E-state index contributed by atoms with van der Waals surface area (Å²) in [6.07, 6.45) is 0.778. The summed E-state index contributed by atoms with van der Waals surface area (Å²) in [7, 11) is 2.99. The zero-order chi connectivity index (χ0) is 23.3. The number of fused-ring (bicyclic) bond motifs is 1. The quantitative estimate of drug-likeness (QED) is 0.557.